The van der Waals surface area contributed by atoms with Crippen molar-refractivity contribution in [1.82, 2.24) is 20.1 Å². The first kappa shape index (κ1) is 15.6. The van der Waals surface area contributed by atoms with Crippen LogP contribution < -0.4 is 11.0 Å². The molecule has 1 aliphatic carbocycles. The van der Waals surface area contributed by atoms with Crippen LogP contribution in [0.2, 0.25) is 0 Å². The fraction of sp³-hybridized carbons (Fsp3) is 0.857. The van der Waals surface area contributed by atoms with Crippen LogP contribution in [0.3, 0.4) is 0 Å². The average Bonchev–Trinajstić information content (AvgIpc) is 2.78. The number of thioether (sulfide) groups is 1. The molecule has 0 radical (unpaired) electrons. The van der Waals surface area contributed by atoms with E-state index in [0.29, 0.717) is 11.3 Å². The second-order valence-corrected chi connectivity index (χ2v) is 7.10. The molecule has 6 heteroatoms. The van der Waals surface area contributed by atoms with Crippen molar-refractivity contribution in [2.24, 2.45) is 0 Å². The van der Waals surface area contributed by atoms with Crippen LogP contribution in [0.25, 0.3) is 0 Å². The van der Waals surface area contributed by atoms with E-state index in [1.54, 1.807) is 16.3 Å². The fourth-order valence-corrected chi connectivity index (χ4v) is 4.18. The summed E-state index contributed by atoms with van der Waals surface area (Å²) >= 11 is 1.76. The molecule has 0 saturated heterocycles. The summed E-state index contributed by atoms with van der Waals surface area (Å²) in [6.45, 7) is 7.34. The summed E-state index contributed by atoms with van der Waals surface area (Å²) in [7, 11) is 0. The first-order valence-electron chi connectivity index (χ1n) is 7.68. The molecule has 1 fully saturated rings. The van der Waals surface area contributed by atoms with Crippen LogP contribution in [-0.4, -0.2) is 32.6 Å². The highest BCUT2D eigenvalue weighted by Gasteiger charge is 2.24. The fourth-order valence-electron chi connectivity index (χ4n) is 2.76. The predicted molar refractivity (Wildman–Crippen MR) is 83.4 cm³/mol. The van der Waals surface area contributed by atoms with Crippen molar-refractivity contribution in [2.45, 2.75) is 75.4 Å². The predicted octanol–water partition coefficient (Wildman–Crippen LogP) is 2.56. The summed E-state index contributed by atoms with van der Waals surface area (Å²) in [5, 5.41) is 11.8. The third-order valence-electron chi connectivity index (χ3n) is 3.77. The first-order valence-corrected chi connectivity index (χ1v) is 8.56. The molecule has 0 bridgehead atoms. The zero-order chi connectivity index (χ0) is 14.5. The molecule has 1 heterocycles. The van der Waals surface area contributed by atoms with Gasteiger partial charge < -0.3 is 5.32 Å². The lowest BCUT2D eigenvalue weighted by Gasteiger charge is -2.29. The highest BCUT2D eigenvalue weighted by Crippen LogP contribution is 2.33. The normalized spacial score (nSPS) is 23.4. The van der Waals surface area contributed by atoms with Gasteiger partial charge in [-0.05, 0) is 46.1 Å². The van der Waals surface area contributed by atoms with Crippen LogP contribution in [0.5, 0.6) is 0 Å². The molecule has 0 amide bonds. The SMILES string of the molecule is CCCNC1CCCC(Sc2n[nH]c(=O)n2C(C)C)C1. The molecule has 114 valence electrons. The van der Waals surface area contributed by atoms with Crippen molar-refractivity contribution in [3.63, 3.8) is 0 Å². The van der Waals surface area contributed by atoms with Crippen LogP contribution in [0.15, 0.2) is 9.95 Å². The van der Waals surface area contributed by atoms with Gasteiger partial charge in [-0.25, -0.2) is 9.89 Å². The largest absolute Gasteiger partial charge is 0.344 e. The zero-order valence-electron chi connectivity index (χ0n) is 12.7. The van der Waals surface area contributed by atoms with Gasteiger partial charge >= 0.3 is 5.69 Å². The number of aromatic nitrogens is 3. The minimum Gasteiger partial charge on any atom is -0.314 e. The third kappa shape index (κ3) is 3.88. The van der Waals surface area contributed by atoms with E-state index in [1.807, 2.05) is 13.8 Å². The van der Waals surface area contributed by atoms with Crippen molar-refractivity contribution in [2.75, 3.05) is 6.54 Å². The number of H-pyrrole nitrogens is 1. The molecule has 1 aliphatic rings. The quantitative estimate of drug-likeness (QED) is 0.847. The molecule has 0 aromatic carbocycles. The maximum Gasteiger partial charge on any atom is 0.344 e. The summed E-state index contributed by atoms with van der Waals surface area (Å²) in [5.74, 6) is 0. The van der Waals surface area contributed by atoms with Crippen LogP contribution >= 0.6 is 11.8 Å². The Kier molecular flexibility index (Phi) is 5.72. The summed E-state index contributed by atoms with van der Waals surface area (Å²) in [6.07, 6.45) is 6.10. The molecule has 2 unspecified atom stereocenters. The molecule has 2 atom stereocenters. The molecule has 1 aromatic rings. The summed E-state index contributed by atoms with van der Waals surface area (Å²) < 4.78 is 1.76. The number of nitrogens with one attached hydrogen (secondary N) is 2. The van der Waals surface area contributed by atoms with E-state index in [4.69, 9.17) is 0 Å². The summed E-state index contributed by atoms with van der Waals surface area (Å²) in [4.78, 5) is 11.7. The maximum atomic E-state index is 11.7. The lowest BCUT2D eigenvalue weighted by Crippen LogP contribution is -2.35. The van der Waals surface area contributed by atoms with Gasteiger partial charge in [-0.15, -0.1) is 5.10 Å². The summed E-state index contributed by atoms with van der Waals surface area (Å²) in [5.41, 5.74) is -0.0982. The molecule has 5 nitrogen and oxygen atoms in total. The van der Waals surface area contributed by atoms with Gasteiger partial charge in [0.05, 0.1) is 0 Å². The Balaban J connectivity index is 1.97. The van der Waals surface area contributed by atoms with E-state index >= 15 is 0 Å². The molecular weight excluding hydrogens is 272 g/mol. The van der Waals surface area contributed by atoms with Gasteiger partial charge in [-0.3, -0.25) is 4.57 Å². The molecule has 1 saturated carbocycles. The van der Waals surface area contributed by atoms with E-state index in [-0.39, 0.29) is 11.7 Å². The molecule has 2 rings (SSSR count). The van der Waals surface area contributed by atoms with Crippen LogP contribution in [-0.2, 0) is 0 Å². The van der Waals surface area contributed by atoms with Gasteiger partial charge in [0, 0.05) is 17.3 Å². The monoisotopic (exact) mass is 298 g/mol. The second-order valence-electron chi connectivity index (χ2n) is 5.83. The standard InChI is InChI=1S/C14H26N4OS/c1-4-8-15-11-6-5-7-12(9-11)20-14-17-16-13(19)18(14)10(2)3/h10-12,15H,4-9H2,1-3H3,(H,16,19). The third-order valence-corrected chi connectivity index (χ3v) is 5.03. The lowest BCUT2D eigenvalue weighted by atomic mass is 9.95. The zero-order valence-corrected chi connectivity index (χ0v) is 13.5. The van der Waals surface area contributed by atoms with Gasteiger partial charge in [-0.1, -0.05) is 25.1 Å². The van der Waals surface area contributed by atoms with Crippen molar-refractivity contribution < 1.29 is 0 Å². The minimum atomic E-state index is -0.0982. The van der Waals surface area contributed by atoms with E-state index in [2.05, 4.69) is 22.4 Å². The first-order chi connectivity index (χ1) is 9.61. The van der Waals surface area contributed by atoms with Gasteiger partial charge in [0.1, 0.15) is 0 Å². The van der Waals surface area contributed by atoms with Gasteiger partial charge in [0.2, 0.25) is 0 Å². The Morgan fingerprint density at radius 2 is 2.30 bits per heavy atom. The van der Waals surface area contributed by atoms with E-state index in [1.165, 1.54) is 32.1 Å². The van der Waals surface area contributed by atoms with Crippen LogP contribution in [0.4, 0.5) is 0 Å². The number of aromatic amines is 1. The van der Waals surface area contributed by atoms with Crippen molar-refractivity contribution >= 4 is 11.8 Å². The minimum absolute atomic E-state index is 0.0982. The Labute approximate surface area is 124 Å². The Hall–Kier alpha value is -0.750. The van der Waals surface area contributed by atoms with Crippen molar-refractivity contribution in [3.8, 4) is 0 Å². The van der Waals surface area contributed by atoms with Gasteiger partial charge in [0.25, 0.3) is 0 Å². The Morgan fingerprint density at radius 3 is 3.00 bits per heavy atom. The van der Waals surface area contributed by atoms with Crippen molar-refractivity contribution in [1.29, 1.82) is 0 Å². The van der Waals surface area contributed by atoms with E-state index < -0.39 is 0 Å². The molecule has 0 aliphatic heterocycles. The smallest absolute Gasteiger partial charge is 0.314 e. The molecular formula is C14H26N4OS. The molecule has 2 N–H and O–H groups in total. The molecule has 1 aromatic heterocycles. The molecule has 0 spiro atoms. The number of rotatable bonds is 6. The number of hydrogen-bond acceptors (Lipinski definition) is 4. The van der Waals surface area contributed by atoms with E-state index in [9.17, 15) is 4.79 Å². The molecule has 20 heavy (non-hydrogen) atoms. The maximum absolute atomic E-state index is 11.7. The number of nitrogens with zero attached hydrogens (tertiary/aromatic N) is 2. The average molecular weight is 298 g/mol. The summed E-state index contributed by atoms with van der Waals surface area (Å²) in [6, 6.07) is 0.778. The van der Waals surface area contributed by atoms with Crippen LogP contribution in [0, 0.1) is 0 Å². The highest BCUT2D eigenvalue weighted by atomic mass is 32.2. The van der Waals surface area contributed by atoms with Gasteiger partial charge in [-0.2, -0.15) is 0 Å². The van der Waals surface area contributed by atoms with E-state index in [0.717, 1.165) is 11.7 Å². The second kappa shape index (κ2) is 7.31. The highest BCUT2D eigenvalue weighted by molar-refractivity contribution is 7.99. The Bertz CT molecular complexity index is 468. The van der Waals surface area contributed by atoms with Crippen LogP contribution in [0.1, 0.15) is 58.9 Å². The van der Waals surface area contributed by atoms with Gasteiger partial charge in [0.15, 0.2) is 5.16 Å². The Morgan fingerprint density at radius 1 is 1.50 bits per heavy atom. The number of hydrogen-bond donors (Lipinski definition) is 2. The van der Waals surface area contributed by atoms with Crippen molar-refractivity contribution in [3.05, 3.63) is 10.5 Å². The topological polar surface area (TPSA) is 62.7 Å². The lowest BCUT2D eigenvalue weighted by molar-refractivity contribution is 0.381.